The number of benzene rings is 1. The van der Waals surface area contributed by atoms with Gasteiger partial charge in [-0.25, -0.2) is 4.39 Å². The van der Waals surface area contributed by atoms with Crippen molar-refractivity contribution >= 4 is 15.9 Å². The Hall–Kier alpha value is -0.410. The van der Waals surface area contributed by atoms with Crippen molar-refractivity contribution in [3.63, 3.8) is 0 Å². The van der Waals surface area contributed by atoms with E-state index in [1.165, 1.54) is 38.5 Å². The number of unbranched alkanes of at least 4 members (excludes halogenated alkanes) is 5. The Labute approximate surface area is 125 Å². The SMILES string of the molecule is CCCCCCCCC(NC)c1ccc(Br)c(F)c1. The lowest BCUT2D eigenvalue weighted by molar-refractivity contribution is 0.495. The molecule has 1 nitrogen and oxygen atoms in total. The summed E-state index contributed by atoms with van der Waals surface area (Å²) in [5.41, 5.74) is 1.04. The summed E-state index contributed by atoms with van der Waals surface area (Å²) in [6, 6.07) is 5.66. The highest BCUT2D eigenvalue weighted by Crippen LogP contribution is 2.24. The van der Waals surface area contributed by atoms with Gasteiger partial charge >= 0.3 is 0 Å². The molecule has 108 valence electrons. The molecule has 1 N–H and O–H groups in total. The van der Waals surface area contributed by atoms with E-state index >= 15 is 0 Å². The molecule has 1 atom stereocenters. The summed E-state index contributed by atoms with van der Waals surface area (Å²) < 4.78 is 14.1. The van der Waals surface area contributed by atoms with E-state index < -0.39 is 0 Å². The first-order chi connectivity index (χ1) is 9.19. The van der Waals surface area contributed by atoms with Crippen molar-refractivity contribution in [1.29, 1.82) is 0 Å². The maximum absolute atomic E-state index is 13.5. The lowest BCUT2D eigenvalue weighted by Gasteiger charge is -2.17. The first-order valence-electron chi connectivity index (χ1n) is 7.31. The second-order valence-corrected chi connectivity index (χ2v) is 5.93. The highest BCUT2D eigenvalue weighted by atomic mass is 79.9. The van der Waals surface area contributed by atoms with Crippen molar-refractivity contribution in [1.82, 2.24) is 5.32 Å². The minimum atomic E-state index is -0.180. The van der Waals surface area contributed by atoms with Crippen LogP contribution in [0.25, 0.3) is 0 Å². The van der Waals surface area contributed by atoms with Crippen molar-refractivity contribution in [2.75, 3.05) is 7.05 Å². The van der Waals surface area contributed by atoms with Crippen molar-refractivity contribution < 1.29 is 4.39 Å². The number of nitrogens with one attached hydrogen (secondary N) is 1. The van der Waals surface area contributed by atoms with Crippen LogP contribution in [0.2, 0.25) is 0 Å². The van der Waals surface area contributed by atoms with Crippen molar-refractivity contribution in [3.8, 4) is 0 Å². The highest BCUT2D eigenvalue weighted by Gasteiger charge is 2.10. The van der Waals surface area contributed by atoms with E-state index in [0.29, 0.717) is 4.47 Å². The fraction of sp³-hybridized carbons (Fsp3) is 0.625. The number of rotatable bonds is 9. The third-order valence-electron chi connectivity index (χ3n) is 3.54. The van der Waals surface area contributed by atoms with E-state index in [-0.39, 0.29) is 11.9 Å². The van der Waals surface area contributed by atoms with Crippen LogP contribution in [0.15, 0.2) is 22.7 Å². The molecule has 1 aromatic rings. The molecule has 1 rings (SSSR count). The summed E-state index contributed by atoms with van der Waals surface area (Å²) in [5.74, 6) is -0.180. The van der Waals surface area contributed by atoms with Crippen LogP contribution in [-0.2, 0) is 0 Å². The number of hydrogen-bond donors (Lipinski definition) is 1. The lowest BCUT2D eigenvalue weighted by atomic mass is 9.99. The van der Waals surface area contributed by atoms with Gasteiger partial charge < -0.3 is 5.32 Å². The van der Waals surface area contributed by atoms with Crippen LogP contribution in [0.1, 0.15) is 63.5 Å². The molecule has 0 aliphatic carbocycles. The Morgan fingerprint density at radius 3 is 2.47 bits per heavy atom. The molecule has 0 aromatic heterocycles. The van der Waals surface area contributed by atoms with E-state index in [4.69, 9.17) is 0 Å². The molecule has 3 heteroatoms. The second kappa shape index (κ2) is 9.49. The zero-order chi connectivity index (χ0) is 14.1. The fourth-order valence-corrected chi connectivity index (χ4v) is 2.58. The molecule has 0 saturated carbocycles. The molecule has 0 bridgehead atoms. The highest BCUT2D eigenvalue weighted by molar-refractivity contribution is 9.10. The maximum Gasteiger partial charge on any atom is 0.137 e. The molecule has 0 saturated heterocycles. The monoisotopic (exact) mass is 329 g/mol. The molecular formula is C16H25BrFN. The summed E-state index contributed by atoms with van der Waals surface area (Å²) >= 11 is 3.19. The Morgan fingerprint density at radius 1 is 1.16 bits per heavy atom. The van der Waals surface area contributed by atoms with Gasteiger partial charge in [0.2, 0.25) is 0 Å². The first-order valence-corrected chi connectivity index (χ1v) is 8.10. The smallest absolute Gasteiger partial charge is 0.137 e. The molecule has 0 amide bonds. The van der Waals surface area contributed by atoms with Gasteiger partial charge in [0.05, 0.1) is 4.47 Å². The number of halogens is 2. The minimum Gasteiger partial charge on any atom is -0.313 e. The van der Waals surface area contributed by atoms with Crippen LogP contribution in [-0.4, -0.2) is 7.05 Å². The Morgan fingerprint density at radius 2 is 1.84 bits per heavy atom. The standard InChI is InChI=1S/C16H25BrFN/c1-3-4-5-6-7-8-9-16(19-2)13-10-11-14(17)15(18)12-13/h10-12,16,19H,3-9H2,1-2H3. The molecule has 19 heavy (non-hydrogen) atoms. The molecule has 0 aliphatic rings. The van der Waals surface area contributed by atoms with Crippen LogP contribution >= 0.6 is 15.9 Å². The van der Waals surface area contributed by atoms with Crippen LogP contribution in [0, 0.1) is 5.82 Å². The zero-order valence-corrected chi connectivity index (χ0v) is 13.6. The third-order valence-corrected chi connectivity index (χ3v) is 4.18. The molecule has 0 aliphatic heterocycles. The van der Waals surface area contributed by atoms with Gasteiger partial charge in [-0.15, -0.1) is 0 Å². The number of hydrogen-bond acceptors (Lipinski definition) is 1. The zero-order valence-electron chi connectivity index (χ0n) is 12.0. The molecular weight excluding hydrogens is 305 g/mol. The summed E-state index contributed by atoms with van der Waals surface area (Å²) in [6.45, 7) is 2.24. The summed E-state index contributed by atoms with van der Waals surface area (Å²) in [5, 5.41) is 3.29. The predicted molar refractivity (Wildman–Crippen MR) is 83.9 cm³/mol. The van der Waals surface area contributed by atoms with Crippen molar-refractivity contribution in [3.05, 3.63) is 34.1 Å². The fourth-order valence-electron chi connectivity index (χ4n) is 2.34. The van der Waals surface area contributed by atoms with Crippen molar-refractivity contribution in [2.24, 2.45) is 0 Å². The topological polar surface area (TPSA) is 12.0 Å². The summed E-state index contributed by atoms with van der Waals surface area (Å²) in [6.07, 6.45) is 8.84. The third kappa shape index (κ3) is 6.05. The van der Waals surface area contributed by atoms with Crippen molar-refractivity contribution in [2.45, 2.75) is 57.9 Å². The van der Waals surface area contributed by atoms with Gasteiger partial charge in [0.15, 0.2) is 0 Å². The van der Waals surface area contributed by atoms with Crippen LogP contribution in [0.4, 0.5) is 4.39 Å². The average molecular weight is 330 g/mol. The van der Waals surface area contributed by atoms with Gasteiger partial charge in [0, 0.05) is 6.04 Å². The summed E-state index contributed by atoms with van der Waals surface area (Å²) in [7, 11) is 1.95. The van der Waals surface area contributed by atoms with Crippen LogP contribution < -0.4 is 5.32 Å². The molecule has 1 aromatic carbocycles. The largest absolute Gasteiger partial charge is 0.313 e. The van der Waals surface area contributed by atoms with Gasteiger partial charge in [-0.3, -0.25) is 0 Å². The van der Waals surface area contributed by atoms with E-state index in [1.807, 2.05) is 13.1 Å². The van der Waals surface area contributed by atoms with Gasteiger partial charge in [0.25, 0.3) is 0 Å². The van der Waals surface area contributed by atoms with E-state index in [0.717, 1.165) is 12.0 Å². The van der Waals surface area contributed by atoms with E-state index in [1.54, 1.807) is 12.1 Å². The normalized spacial score (nSPS) is 12.6. The first kappa shape index (κ1) is 16.6. The Kier molecular flexibility index (Phi) is 8.31. The molecule has 0 heterocycles. The van der Waals surface area contributed by atoms with Gasteiger partial charge in [-0.1, -0.05) is 51.5 Å². The minimum absolute atomic E-state index is 0.180. The molecule has 0 spiro atoms. The lowest BCUT2D eigenvalue weighted by Crippen LogP contribution is -2.16. The van der Waals surface area contributed by atoms with Crippen LogP contribution in [0.5, 0.6) is 0 Å². The van der Waals surface area contributed by atoms with Gasteiger partial charge in [-0.05, 0) is 47.1 Å². The Balaban J connectivity index is 2.38. The molecule has 0 radical (unpaired) electrons. The second-order valence-electron chi connectivity index (χ2n) is 5.07. The molecule has 0 fully saturated rings. The predicted octanol–water partition coefficient (Wildman–Crippen LogP) is 5.60. The van der Waals surface area contributed by atoms with E-state index in [2.05, 4.69) is 28.2 Å². The quantitative estimate of drug-likeness (QED) is 0.581. The Bertz CT molecular complexity index is 368. The maximum atomic E-state index is 13.5. The van der Waals surface area contributed by atoms with E-state index in [9.17, 15) is 4.39 Å². The van der Waals surface area contributed by atoms with Gasteiger partial charge in [0.1, 0.15) is 5.82 Å². The molecule has 1 unspecified atom stereocenters. The summed E-state index contributed by atoms with van der Waals surface area (Å²) in [4.78, 5) is 0. The van der Waals surface area contributed by atoms with Gasteiger partial charge in [-0.2, -0.15) is 0 Å². The van der Waals surface area contributed by atoms with Crippen LogP contribution in [0.3, 0.4) is 0 Å². The average Bonchev–Trinajstić information content (AvgIpc) is 2.41.